The summed E-state index contributed by atoms with van der Waals surface area (Å²) in [7, 11) is 0. The molecule has 2 rings (SSSR count). The Kier molecular flexibility index (Phi) is 5.53. The van der Waals surface area contributed by atoms with Crippen molar-refractivity contribution >= 4 is 46.6 Å². The summed E-state index contributed by atoms with van der Waals surface area (Å²) < 4.78 is 0. The number of benzene rings is 2. The van der Waals surface area contributed by atoms with Gasteiger partial charge in [0.05, 0.1) is 15.6 Å². The second-order valence-corrected chi connectivity index (χ2v) is 5.44. The fourth-order valence-electron chi connectivity index (χ4n) is 1.83. The number of nitro groups is 1. The maximum absolute atomic E-state index is 12.2. The number of nitriles is 1. The standard InChI is InChI=1S/C16H9Cl2N3O3/c17-12-4-5-14(18)15(8-12)20-16(22)11(9-19)6-10-2-1-3-13(7-10)21(23)24/h1-8H,(H,20,22)/b11-6-. The molecule has 0 atom stereocenters. The number of nitro benzene ring substituents is 1. The first kappa shape index (κ1) is 17.5. The SMILES string of the molecule is N#C/C(=C/c1cccc([N+](=O)[O-])c1)C(=O)Nc1cc(Cl)ccc1Cl. The minimum absolute atomic E-state index is 0.140. The molecule has 0 radical (unpaired) electrons. The van der Waals surface area contributed by atoms with Crippen LogP contribution in [0.3, 0.4) is 0 Å². The summed E-state index contributed by atoms with van der Waals surface area (Å²) in [5.74, 6) is -0.701. The number of carbonyl (C=O) groups is 1. The Morgan fingerprint density at radius 3 is 2.67 bits per heavy atom. The van der Waals surface area contributed by atoms with Crippen LogP contribution < -0.4 is 5.32 Å². The lowest BCUT2D eigenvalue weighted by Gasteiger charge is -2.07. The van der Waals surface area contributed by atoms with Gasteiger partial charge in [0, 0.05) is 17.2 Å². The van der Waals surface area contributed by atoms with Gasteiger partial charge >= 0.3 is 0 Å². The van der Waals surface area contributed by atoms with Crippen LogP contribution in [0.4, 0.5) is 11.4 Å². The third-order valence-corrected chi connectivity index (χ3v) is 3.50. The summed E-state index contributed by atoms with van der Waals surface area (Å²) in [5, 5.41) is 23.0. The minimum atomic E-state index is -0.701. The summed E-state index contributed by atoms with van der Waals surface area (Å²) in [6, 6.07) is 11.9. The van der Waals surface area contributed by atoms with Gasteiger partial charge in [0.2, 0.25) is 0 Å². The third kappa shape index (κ3) is 4.32. The number of carbonyl (C=O) groups excluding carboxylic acids is 1. The van der Waals surface area contributed by atoms with E-state index in [2.05, 4.69) is 5.32 Å². The molecule has 1 N–H and O–H groups in total. The number of non-ortho nitro benzene ring substituents is 1. The average Bonchev–Trinajstić information content (AvgIpc) is 2.56. The highest BCUT2D eigenvalue weighted by molar-refractivity contribution is 6.36. The normalized spacial score (nSPS) is 10.8. The first-order valence-electron chi connectivity index (χ1n) is 6.53. The van der Waals surface area contributed by atoms with Gasteiger partial charge in [-0.1, -0.05) is 35.3 Å². The van der Waals surface area contributed by atoms with Crippen molar-refractivity contribution in [3.63, 3.8) is 0 Å². The maximum atomic E-state index is 12.2. The molecule has 0 aromatic heterocycles. The Bertz CT molecular complexity index is 888. The largest absolute Gasteiger partial charge is 0.320 e. The van der Waals surface area contributed by atoms with Crippen LogP contribution in [0.15, 0.2) is 48.0 Å². The van der Waals surface area contributed by atoms with E-state index >= 15 is 0 Å². The lowest BCUT2D eigenvalue weighted by molar-refractivity contribution is -0.384. The molecule has 0 aliphatic heterocycles. The summed E-state index contributed by atoms with van der Waals surface area (Å²) >= 11 is 11.8. The van der Waals surface area contributed by atoms with Crippen LogP contribution in [0.25, 0.3) is 6.08 Å². The molecule has 1 amide bonds. The van der Waals surface area contributed by atoms with Crippen LogP contribution in [-0.4, -0.2) is 10.8 Å². The van der Waals surface area contributed by atoms with Crippen molar-refractivity contribution in [1.82, 2.24) is 0 Å². The molecule has 120 valence electrons. The van der Waals surface area contributed by atoms with Crippen LogP contribution >= 0.6 is 23.2 Å². The van der Waals surface area contributed by atoms with Gasteiger partial charge < -0.3 is 5.32 Å². The predicted molar refractivity (Wildman–Crippen MR) is 91.8 cm³/mol. The van der Waals surface area contributed by atoms with Gasteiger partial charge in [-0.2, -0.15) is 5.26 Å². The molecule has 0 spiro atoms. The topological polar surface area (TPSA) is 96.0 Å². The van der Waals surface area contributed by atoms with Crippen molar-refractivity contribution in [2.45, 2.75) is 0 Å². The van der Waals surface area contributed by atoms with Crippen LogP contribution in [0.5, 0.6) is 0 Å². The summed E-state index contributed by atoms with van der Waals surface area (Å²) in [6.07, 6.45) is 1.25. The lowest BCUT2D eigenvalue weighted by atomic mass is 10.1. The van der Waals surface area contributed by atoms with Crippen LogP contribution in [0.1, 0.15) is 5.56 Å². The number of hydrogen-bond acceptors (Lipinski definition) is 4. The molecule has 8 heteroatoms. The molecule has 0 heterocycles. The quantitative estimate of drug-likeness (QED) is 0.376. The number of hydrogen-bond donors (Lipinski definition) is 1. The fraction of sp³-hybridized carbons (Fsp3) is 0. The van der Waals surface area contributed by atoms with Crippen LogP contribution in [0.2, 0.25) is 10.0 Å². The average molecular weight is 362 g/mol. The number of nitrogens with one attached hydrogen (secondary N) is 1. The van der Waals surface area contributed by atoms with Crippen molar-refractivity contribution in [3.8, 4) is 6.07 Å². The van der Waals surface area contributed by atoms with Gasteiger partial charge in [-0.15, -0.1) is 0 Å². The maximum Gasteiger partial charge on any atom is 0.270 e. The minimum Gasteiger partial charge on any atom is -0.320 e. The molecule has 0 saturated carbocycles. The van der Waals surface area contributed by atoms with Crippen LogP contribution in [-0.2, 0) is 4.79 Å². The van der Waals surface area contributed by atoms with E-state index in [-0.39, 0.29) is 22.0 Å². The van der Waals surface area contributed by atoms with E-state index in [1.807, 2.05) is 0 Å². The fourth-order valence-corrected chi connectivity index (χ4v) is 2.16. The molecule has 0 unspecified atom stereocenters. The summed E-state index contributed by atoms with van der Waals surface area (Å²) in [4.78, 5) is 22.4. The van der Waals surface area contributed by atoms with E-state index < -0.39 is 10.8 Å². The van der Waals surface area contributed by atoms with E-state index in [1.165, 1.54) is 36.4 Å². The third-order valence-electron chi connectivity index (χ3n) is 2.93. The van der Waals surface area contributed by atoms with E-state index in [4.69, 9.17) is 28.5 Å². The molecule has 0 aliphatic rings. The zero-order valence-corrected chi connectivity index (χ0v) is 13.5. The van der Waals surface area contributed by atoms with E-state index in [0.717, 1.165) is 0 Å². The molecule has 0 aliphatic carbocycles. The number of rotatable bonds is 4. The molecule has 0 saturated heterocycles. The Morgan fingerprint density at radius 2 is 2.00 bits per heavy atom. The van der Waals surface area contributed by atoms with Crippen LogP contribution in [0, 0.1) is 21.4 Å². The van der Waals surface area contributed by atoms with Gasteiger partial charge in [-0.05, 0) is 29.8 Å². The smallest absolute Gasteiger partial charge is 0.270 e. The van der Waals surface area contributed by atoms with Crippen molar-refractivity contribution in [2.75, 3.05) is 5.32 Å². The number of nitrogens with zero attached hydrogens (tertiary/aromatic N) is 2. The Morgan fingerprint density at radius 1 is 1.25 bits per heavy atom. The molecule has 6 nitrogen and oxygen atoms in total. The highest BCUT2D eigenvalue weighted by Crippen LogP contribution is 2.26. The van der Waals surface area contributed by atoms with Crippen molar-refractivity contribution in [2.24, 2.45) is 0 Å². The van der Waals surface area contributed by atoms with Gasteiger partial charge in [0.25, 0.3) is 11.6 Å². The molecule has 24 heavy (non-hydrogen) atoms. The van der Waals surface area contributed by atoms with E-state index in [9.17, 15) is 14.9 Å². The Hall–Kier alpha value is -2.88. The Labute approximate surface area is 147 Å². The highest BCUT2D eigenvalue weighted by atomic mass is 35.5. The van der Waals surface area contributed by atoms with E-state index in [1.54, 1.807) is 18.2 Å². The lowest BCUT2D eigenvalue weighted by Crippen LogP contribution is -2.13. The molecular formula is C16H9Cl2N3O3. The molecular weight excluding hydrogens is 353 g/mol. The zero-order chi connectivity index (χ0) is 17.7. The van der Waals surface area contributed by atoms with Gasteiger partial charge in [-0.3, -0.25) is 14.9 Å². The predicted octanol–water partition coefficient (Wildman–Crippen LogP) is 4.45. The number of halogens is 2. The highest BCUT2D eigenvalue weighted by Gasteiger charge is 2.13. The van der Waals surface area contributed by atoms with Gasteiger partial charge in [-0.25, -0.2) is 0 Å². The first-order valence-corrected chi connectivity index (χ1v) is 7.29. The second-order valence-electron chi connectivity index (χ2n) is 4.60. The van der Waals surface area contributed by atoms with Gasteiger partial charge in [0.15, 0.2) is 0 Å². The monoisotopic (exact) mass is 361 g/mol. The zero-order valence-electron chi connectivity index (χ0n) is 12.0. The molecule has 0 bridgehead atoms. The molecule has 2 aromatic rings. The van der Waals surface area contributed by atoms with Gasteiger partial charge in [0.1, 0.15) is 11.6 Å². The first-order chi connectivity index (χ1) is 11.4. The molecule has 2 aromatic carbocycles. The van der Waals surface area contributed by atoms with E-state index in [0.29, 0.717) is 10.6 Å². The number of anilines is 1. The Balaban J connectivity index is 2.29. The second kappa shape index (κ2) is 7.59. The summed E-state index contributed by atoms with van der Waals surface area (Å²) in [6.45, 7) is 0. The molecule has 0 fully saturated rings. The van der Waals surface area contributed by atoms with Crippen molar-refractivity contribution in [1.29, 1.82) is 5.26 Å². The van der Waals surface area contributed by atoms with Crippen molar-refractivity contribution in [3.05, 3.63) is 73.8 Å². The summed E-state index contributed by atoms with van der Waals surface area (Å²) in [5.41, 5.74) is 0.244. The van der Waals surface area contributed by atoms with Crippen molar-refractivity contribution < 1.29 is 9.72 Å². The number of amides is 1.